The number of carbonyl (C=O) groups excluding carboxylic acids is 1. The number of aryl methyl sites for hydroxylation is 1. The van der Waals surface area contributed by atoms with E-state index in [1.807, 2.05) is 67.6 Å². The fourth-order valence-corrected chi connectivity index (χ4v) is 9.92. The van der Waals surface area contributed by atoms with E-state index >= 15 is 4.79 Å². The van der Waals surface area contributed by atoms with E-state index in [-0.39, 0.29) is 89.5 Å². The number of allylic oxidation sites excluding steroid dienone is 1. The average molecular weight is 899 g/mol. The van der Waals surface area contributed by atoms with Gasteiger partial charge in [0.2, 0.25) is 5.79 Å². The quantitative estimate of drug-likeness (QED) is 0.0355. The zero-order valence-electron chi connectivity index (χ0n) is 37.8. The number of aliphatic hydroxyl groups is 3. The number of hydrogen-bond donors (Lipinski definition) is 3. The van der Waals surface area contributed by atoms with Gasteiger partial charge in [-0.1, -0.05) is 66.5 Å². The number of fused-ring (bicyclic) bond motifs is 2. The molecular formula is C53H62N4O9. The van der Waals surface area contributed by atoms with Gasteiger partial charge in [0.15, 0.2) is 0 Å². The fourth-order valence-electron chi connectivity index (χ4n) is 9.92. The van der Waals surface area contributed by atoms with Gasteiger partial charge in [0.05, 0.1) is 55.4 Å². The minimum absolute atomic E-state index is 0.00726. The Balaban J connectivity index is 1.43. The van der Waals surface area contributed by atoms with Gasteiger partial charge >= 0.3 is 0 Å². The Hall–Kier alpha value is -5.88. The molecule has 1 amide bonds. The Bertz CT molecular complexity index is 2330. The molecule has 0 bridgehead atoms. The number of nitriles is 1. The Morgan fingerprint density at radius 2 is 1.74 bits per heavy atom. The van der Waals surface area contributed by atoms with Crippen molar-refractivity contribution in [1.82, 2.24) is 9.88 Å². The second-order valence-electron chi connectivity index (χ2n) is 17.1. The highest BCUT2D eigenvalue weighted by Gasteiger charge is 2.65. The smallest absolute Gasteiger partial charge is 0.254 e. The molecule has 0 radical (unpaired) electrons. The van der Waals surface area contributed by atoms with Gasteiger partial charge in [-0.2, -0.15) is 5.26 Å². The summed E-state index contributed by atoms with van der Waals surface area (Å²) in [6.45, 7) is 6.84. The van der Waals surface area contributed by atoms with E-state index in [9.17, 15) is 20.6 Å². The van der Waals surface area contributed by atoms with Crippen molar-refractivity contribution < 1.29 is 43.9 Å². The number of aromatic nitrogens is 1. The first-order valence-corrected chi connectivity index (χ1v) is 23.1. The molecule has 66 heavy (non-hydrogen) atoms. The molecule has 1 fully saturated rings. The number of hydrogen-bond acceptors (Lipinski definition) is 12. The molecule has 0 saturated heterocycles. The largest absolute Gasteiger partial charge is 0.487 e. The molecule has 13 heteroatoms. The fraction of sp³-hybridized carbons (Fsp3) is 0.434. The van der Waals surface area contributed by atoms with Crippen LogP contribution >= 0.6 is 0 Å². The lowest BCUT2D eigenvalue weighted by molar-refractivity contribution is -0.254. The van der Waals surface area contributed by atoms with Crippen molar-refractivity contribution in [3.8, 4) is 17.6 Å². The van der Waals surface area contributed by atoms with Crippen molar-refractivity contribution in [1.29, 1.82) is 5.26 Å². The Kier molecular flexibility index (Phi) is 17.1. The van der Waals surface area contributed by atoms with Crippen molar-refractivity contribution in [3.63, 3.8) is 0 Å². The van der Waals surface area contributed by atoms with Crippen molar-refractivity contribution in [2.75, 3.05) is 46.2 Å². The number of oxime groups is 1. The third kappa shape index (κ3) is 11.2. The summed E-state index contributed by atoms with van der Waals surface area (Å²) in [6.07, 6.45) is 8.60. The highest BCUT2D eigenvalue weighted by atomic mass is 16.7. The molecule has 1 saturated carbocycles. The van der Waals surface area contributed by atoms with Crippen LogP contribution in [-0.4, -0.2) is 94.8 Å². The number of carbonyl (C=O) groups is 1. The number of ether oxygens (including phenoxy) is 4. The predicted octanol–water partition coefficient (Wildman–Crippen LogP) is 7.83. The van der Waals surface area contributed by atoms with Gasteiger partial charge in [-0.05, 0) is 110 Å². The molecule has 0 spiro atoms. The van der Waals surface area contributed by atoms with Gasteiger partial charge in [0, 0.05) is 48.9 Å². The van der Waals surface area contributed by atoms with Gasteiger partial charge in [0.1, 0.15) is 30.8 Å². The molecule has 4 aromatic rings. The van der Waals surface area contributed by atoms with Gasteiger partial charge in [-0.15, -0.1) is 6.58 Å². The van der Waals surface area contributed by atoms with E-state index in [2.05, 4.69) is 29.8 Å². The lowest BCUT2D eigenvalue weighted by Crippen LogP contribution is -2.70. The van der Waals surface area contributed by atoms with Crippen molar-refractivity contribution in [3.05, 3.63) is 149 Å². The Labute approximate surface area is 387 Å². The highest BCUT2D eigenvalue weighted by molar-refractivity contribution is 6.03. The zero-order valence-corrected chi connectivity index (χ0v) is 37.8. The van der Waals surface area contributed by atoms with Gasteiger partial charge in [-0.25, -0.2) is 0 Å². The first kappa shape index (κ1) is 48.1. The predicted molar refractivity (Wildman–Crippen MR) is 250 cm³/mol. The SMILES string of the molecule is C=CCOC12Oc3ccc(OCc4cccc(C)n4)cc3C3C(CCCCO)C(CCCCO)C=C(C(=NOCc4ccccc4)CC1N(CCOCCO)C(=O)c1ccc(C#N)cc1)C32. The summed E-state index contributed by atoms with van der Waals surface area (Å²) in [4.78, 5) is 27.8. The molecular weight excluding hydrogens is 837 g/mol. The molecule has 348 valence electrons. The maximum atomic E-state index is 15.1. The maximum absolute atomic E-state index is 15.1. The van der Waals surface area contributed by atoms with Crippen LogP contribution in [0.3, 0.4) is 0 Å². The van der Waals surface area contributed by atoms with Gasteiger partial charge < -0.3 is 44.0 Å². The number of amides is 1. The summed E-state index contributed by atoms with van der Waals surface area (Å²) in [5, 5.41) is 44.2. The third-order valence-electron chi connectivity index (χ3n) is 12.8. The summed E-state index contributed by atoms with van der Waals surface area (Å²) >= 11 is 0. The molecule has 1 aliphatic heterocycles. The molecule has 2 heterocycles. The first-order valence-electron chi connectivity index (χ1n) is 23.1. The number of nitrogens with zero attached hydrogens (tertiary/aromatic N) is 4. The van der Waals surface area contributed by atoms with Crippen molar-refractivity contribution >= 4 is 11.6 Å². The van der Waals surface area contributed by atoms with Crippen LogP contribution in [-0.2, 0) is 27.5 Å². The molecule has 7 rings (SSSR count). The number of benzene rings is 3. The summed E-state index contributed by atoms with van der Waals surface area (Å²) in [7, 11) is 0. The molecule has 6 unspecified atom stereocenters. The summed E-state index contributed by atoms with van der Waals surface area (Å²) < 4.78 is 26.8. The van der Waals surface area contributed by atoms with Crippen LogP contribution < -0.4 is 9.47 Å². The second kappa shape index (κ2) is 23.5. The van der Waals surface area contributed by atoms with Crippen molar-refractivity contribution in [2.45, 2.75) is 82.8 Å². The summed E-state index contributed by atoms with van der Waals surface area (Å²) in [5.74, 6) is -1.36. The van der Waals surface area contributed by atoms with Gasteiger partial charge in [-0.3, -0.25) is 9.78 Å². The molecule has 3 aromatic carbocycles. The normalized spacial score (nSPS) is 22.3. The lowest BCUT2D eigenvalue weighted by Gasteiger charge is -2.60. The monoisotopic (exact) mass is 898 g/mol. The number of unbranched alkanes of at least 4 members (excludes halogenated alkanes) is 2. The zero-order chi connectivity index (χ0) is 46.3. The minimum atomic E-state index is -1.51. The van der Waals surface area contributed by atoms with Crippen LogP contribution in [0.25, 0.3) is 0 Å². The Morgan fingerprint density at radius 3 is 2.47 bits per heavy atom. The van der Waals surface area contributed by atoms with Crippen molar-refractivity contribution in [2.24, 2.45) is 22.9 Å². The number of pyridine rings is 1. The van der Waals surface area contributed by atoms with E-state index in [0.717, 1.165) is 53.8 Å². The van der Waals surface area contributed by atoms with Gasteiger partial charge in [0.25, 0.3) is 5.91 Å². The van der Waals surface area contributed by atoms with Crippen LogP contribution in [0.2, 0.25) is 0 Å². The van der Waals surface area contributed by atoms with Crippen LogP contribution in [0.4, 0.5) is 0 Å². The van der Waals surface area contributed by atoms with Crippen LogP contribution in [0.1, 0.15) is 89.3 Å². The van der Waals surface area contributed by atoms with E-state index in [0.29, 0.717) is 41.2 Å². The molecule has 3 aliphatic rings. The van der Waals surface area contributed by atoms with Crippen LogP contribution in [0, 0.1) is 36.0 Å². The number of aliphatic hydroxyl groups excluding tert-OH is 3. The highest BCUT2D eigenvalue weighted by Crippen LogP contribution is 2.62. The topological polar surface area (TPSA) is 176 Å². The third-order valence-corrected chi connectivity index (χ3v) is 12.8. The van der Waals surface area contributed by atoms with E-state index < -0.39 is 17.7 Å². The van der Waals surface area contributed by atoms with Crippen LogP contribution in [0.15, 0.2) is 120 Å². The van der Waals surface area contributed by atoms with E-state index in [4.69, 9.17) is 28.9 Å². The lowest BCUT2D eigenvalue weighted by atomic mass is 9.55. The van der Waals surface area contributed by atoms with E-state index in [1.54, 1.807) is 35.2 Å². The number of rotatable bonds is 24. The molecule has 3 N–H and O–H groups in total. The van der Waals surface area contributed by atoms with Crippen LogP contribution in [0.5, 0.6) is 11.5 Å². The average Bonchev–Trinajstić information content (AvgIpc) is 3.34. The first-order chi connectivity index (χ1) is 32.3. The minimum Gasteiger partial charge on any atom is -0.487 e. The summed E-state index contributed by atoms with van der Waals surface area (Å²) in [5.41, 5.74) is 5.92. The van der Waals surface area contributed by atoms with E-state index in [1.165, 1.54) is 0 Å². The summed E-state index contributed by atoms with van der Waals surface area (Å²) in [6, 6.07) is 29.4. The second-order valence-corrected chi connectivity index (χ2v) is 17.1. The molecule has 13 nitrogen and oxygen atoms in total. The molecule has 1 aromatic heterocycles. The maximum Gasteiger partial charge on any atom is 0.254 e. The standard InChI is InChI=1S/C53H62N4O9/c1-3-28-64-53-49(57(24-29-62-30-27-60)52(61)40-20-18-38(34-54)19-21-40)33-47(56-65-35-39-13-5-4-6-14-39)45-31-41(15-7-9-25-58)44(17-8-10-26-59)50(51(45)53)46-32-43(22-23-48(46)66-53)63-36-42-16-11-12-37(2)55-42/h3-6,11-14,16,18-23,31-32,41,44,49-51,58-60H,1,7-10,15,17,24-30,33,35-36H2,2H3. The molecule has 2 aliphatic carbocycles. The molecule has 6 atom stereocenters. The Morgan fingerprint density at radius 1 is 0.955 bits per heavy atom.